The van der Waals surface area contributed by atoms with Crippen LogP contribution in [0.4, 0.5) is 0 Å². The van der Waals surface area contributed by atoms with Gasteiger partial charge in [0.05, 0.1) is 11.4 Å². The van der Waals surface area contributed by atoms with Crippen LogP contribution in [0.5, 0.6) is 0 Å². The largest absolute Gasteiger partial charge is 0.386 e. The van der Waals surface area contributed by atoms with E-state index in [2.05, 4.69) is 16.7 Å². The number of benzene rings is 1. The first kappa shape index (κ1) is 9.07. The molecule has 3 heteroatoms. The van der Waals surface area contributed by atoms with Crippen molar-refractivity contribution in [2.24, 2.45) is 0 Å². The van der Waals surface area contributed by atoms with Crippen LogP contribution in [0.2, 0.25) is 0 Å². The maximum absolute atomic E-state index is 9.96. The zero-order valence-electron chi connectivity index (χ0n) is 8.13. The van der Waals surface area contributed by atoms with Gasteiger partial charge < -0.3 is 9.67 Å². The first-order valence-electron chi connectivity index (χ1n) is 4.94. The van der Waals surface area contributed by atoms with Crippen LogP contribution in [0.3, 0.4) is 0 Å². The molecule has 0 bridgehead atoms. The Hall–Kier alpha value is -1.19. The molecule has 1 aromatic carbocycles. The second kappa shape index (κ2) is 3.43. The number of nitrogens with zero attached hydrogens (tertiary/aromatic N) is 1. The number of hydrogen-bond donors (Lipinski definition) is 1. The molecular weight excluding hydrogens is 206 g/mol. The molecule has 76 valence electrons. The average molecular weight is 217 g/mol. The molecule has 0 spiro atoms. The Labute approximate surface area is 92.5 Å². The summed E-state index contributed by atoms with van der Waals surface area (Å²) in [6.45, 7) is 0. The summed E-state index contributed by atoms with van der Waals surface area (Å²) in [5, 5.41) is 9.96. The summed E-state index contributed by atoms with van der Waals surface area (Å²) in [6, 6.07) is 12.2. The Morgan fingerprint density at radius 1 is 1.20 bits per heavy atom. The SMILES string of the molecule is O[C@H]1CSc2ccccc2-n2cccc21. The van der Waals surface area contributed by atoms with E-state index in [0.717, 1.165) is 11.4 Å². The zero-order chi connectivity index (χ0) is 10.3. The van der Waals surface area contributed by atoms with E-state index in [1.165, 1.54) is 10.6 Å². The lowest BCUT2D eigenvalue weighted by atomic mass is 10.2. The number of rotatable bonds is 0. The van der Waals surface area contributed by atoms with Gasteiger partial charge in [0.25, 0.3) is 0 Å². The minimum absolute atomic E-state index is 0.377. The van der Waals surface area contributed by atoms with Crippen LogP contribution in [0, 0.1) is 0 Å². The lowest BCUT2D eigenvalue weighted by Crippen LogP contribution is -2.04. The fourth-order valence-corrected chi connectivity index (χ4v) is 2.91. The second-order valence-electron chi connectivity index (χ2n) is 3.60. The van der Waals surface area contributed by atoms with E-state index >= 15 is 0 Å². The summed E-state index contributed by atoms with van der Waals surface area (Å²) in [5.41, 5.74) is 2.14. The average Bonchev–Trinajstić information content (AvgIpc) is 2.71. The van der Waals surface area contributed by atoms with Crippen molar-refractivity contribution >= 4 is 11.8 Å². The molecule has 0 aliphatic carbocycles. The first-order valence-corrected chi connectivity index (χ1v) is 5.92. The standard InChI is InChI=1S/C12H11NOS/c14-11-8-15-12-6-2-1-4-10(12)13-7-3-5-9(11)13/h1-7,11,14H,8H2/t11-/m0/s1. The molecule has 15 heavy (non-hydrogen) atoms. The third kappa shape index (κ3) is 1.39. The monoisotopic (exact) mass is 217 g/mol. The lowest BCUT2D eigenvalue weighted by Gasteiger charge is -2.09. The van der Waals surface area contributed by atoms with Crippen molar-refractivity contribution in [3.63, 3.8) is 0 Å². The molecule has 1 atom stereocenters. The lowest BCUT2D eigenvalue weighted by molar-refractivity contribution is 0.198. The van der Waals surface area contributed by atoms with Gasteiger partial charge in [-0.3, -0.25) is 0 Å². The van der Waals surface area contributed by atoms with Gasteiger partial charge in [-0.1, -0.05) is 12.1 Å². The normalized spacial score (nSPS) is 19.1. The van der Waals surface area contributed by atoms with Crippen LogP contribution in [0.1, 0.15) is 11.8 Å². The summed E-state index contributed by atoms with van der Waals surface area (Å²) >= 11 is 1.71. The summed E-state index contributed by atoms with van der Waals surface area (Å²) in [4.78, 5) is 1.23. The van der Waals surface area contributed by atoms with E-state index in [9.17, 15) is 5.11 Å². The van der Waals surface area contributed by atoms with Crippen molar-refractivity contribution in [2.75, 3.05) is 5.75 Å². The second-order valence-corrected chi connectivity index (χ2v) is 4.66. The van der Waals surface area contributed by atoms with Gasteiger partial charge in [0.2, 0.25) is 0 Å². The van der Waals surface area contributed by atoms with Gasteiger partial charge in [-0.15, -0.1) is 11.8 Å². The Morgan fingerprint density at radius 3 is 3.00 bits per heavy atom. The molecule has 2 nitrogen and oxygen atoms in total. The van der Waals surface area contributed by atoms with Crippen molar-refractivity contribution in [1.29, 1.82) is 0 Å². The third-order valence-electron chi connectivity index (χ3n) is 2.64. The molecule has 3 rings (SSSR count). The fourth-order valence-electron chi connectivity index (χ4n) is 1.92. The summed E-state index contributed by atoms with van der Waals surface area (Å²) in [5.74, 6) is 0.723. The molecule has 2 heterocycles. The Morgan fingerprint density at radius 2 is 2.07 bits per heavy atom. The number of aliphatic hydroxyl groups is 1. The van der Waals surface area contributed by atoms with E-state index in [1.54, 1.807) is 11.8 Å². The molecule has 0 radical (unpaired) electrons. The number of aromatic nitrogens is 1. The molecular formula is C12H11NOS. The summed E-state index contributed by atoms with van der Waals surface area (Å²) in [7, 11) is 0. The molecule has 0 saturated carbocycles. The highest BCUT2D eigenvalue weighted by molar-refractivity contribution is 7.99. The van der Waals surface area contributed by atoms with E-state index in [1.807, 2.05) is 30.5 Å². The summed E-state index contributed by atoms with van der Waals surface area (Å²) in [6.07, 6.45) is 1.63. The van der Waals surface area contributed by atoms with Crippen LogP contribution >= 0.6 is 11.8 Å². The van der Waals surface area contributed by atoms with Crippen LogP contribution < -0.4 is 0 Å². The van der Waals surface area contributed by atoms with E-state index in [-0.39, 0.29) is 6.10 Å². The Kier molecular flexibility index (Phi) is 2.08. The number of hydrogen-bond acceptors (Lipinski definition) is 2. The van der Waals surface area contributed by atoms with Crippen LogP contribution in [-0.4, -0.2) is 15.4 Å². The smallest absolute Gasteiger partial charge is 0.104 e. The van der Waals surface area contributed by atoms with E-state index in [4.69, 9.17) is 0 Å². The van der Waals surface area contributed by atoms with Gasteiger partial charge in [0, 0.05) is 16.8 Å². The molecule has 2 aromatic rings. The quantitative estimate of drug-likeness (QED) is 0.733. The van der Waals surface area contributed by atoms with Crippen molar-refractivity contribution in [2.45, 2.75) is 11.0 Å². The van der Waals surface area contributed by atoms with Crippen LogP contribution in [0.15, 0.2) is 47.5 Å². The van der Waals surface area contributed by atoms with E-state index in [0.29, 0.717) is 0 Å². The molecule has 1 aromatic heterocycles. The number of para-hydroxylation sites is 1. The first-order chi connectivity index (χ1) is 7.36. The topological polar surface area (TPSA) is 25.2 Å². The Bertz CT molecular complexity index is 492. The zero-order valence-corrected chi connectivity index (χ0v) is 8.95. The summed E-state index contributed by atoms with van der Waals surface area (Å²) < 4.78 is 2.07. The van der Waals surface area contributed by atoms with Gasteiger partial charge >= 0.3 is 0 Å². The van der Waals surface area contributed by atoms with Crippen molar-refractivity contribution in [3.05, 3.63) is 48.3 Å². The number of fused-ring (bicyclic) bond motifs is 3. The molecule has 0 amide bonds. The predicted octanol–water partition coefficient (Wildman–Crippen LogP) is 2.62. The predicted molar refractivity (Wildman–Crippen MR) is 61.5 cm³/mol. The van der Waals surface area contributed by atoms with Gasteiger partial charge in [-0.2, -0.15) is 0 Å². The van der Waals surface area contributed by atoms with Crippen molar-refractivity contribution < 1.29 is 5.11 Å². The molecule has 0 saturated heterocycles. The van der Waals surface area contributed by atoms with E-state index < -0.39 is 0 Å². The highest BCUT2D eigenvalue weighted by Crippen LogP contribution is 2.35. The van der Waals surface area contributed by atoms with Crippen LogP contribution in [0.25, 0.3) is 5.69 Å². The molecule has 0 unspecified atom stereocenters. The van der Waals surface area contributed by atoms with Gasteiger partial charge in [-0.05, 0) is 24.3 Å². The minimum atomic E-state index is -0.377. The maximum atomic E-state index is 9.96. The molecule has 1 aliphatic rings. The molecule has 0 fully saturated rings. The van der Waals surface area contributed by atoms with Crippen molar-refractivity contribution in [1.82, 2.24) is 4.57 Å². The number of aliphatic hydroxyl groups excluding tert-OH is 1. The maximum Gasteiger partial charge on any atom is 0.104 e. The third-order valence-corrected chi connectivity index (χ3v) is 3.78. The Balaban J connectivity index is 2.26. The van der Waals surface area contributed by atoms with Gasteiger partial charge in [0.15, 0.2) is 0 Å². The minimum Gasteiger partial charge on any atom is -0.386 e. The highest BCUT2D eigenvalue weighted by Gasteiger charge is 2.19. The van der Waals surface area contributed by atoms with Crippen LogP contribution in [-0.2, 0) is 0 Å². The molecule has 1 aliphatic heterocycles. The molecule has 1 N–H and O–H groups in total. The van der Waals surface area contributed by atoms with Crippen molar-refractivity contribution in [3.8, 4) is 5.69 Å². The van der Waals surface area contributed by atoms with Gasteiger partial charge in [0.1, 0.15) is 6.10 Å². The fraction of sp³-hybridized carbons (Fsp3) is 0.167. The number of thioether (sulfide) groups is 1. The highest BCUT2D eigenvalue weighted by atomic mass is 32.2. The van der Waals surface area contributed by atoms with Gasteiger partial charge in [-0.25, -0.2) is 0 Å².